The molecule has 2 N–H and O–H groups in total. The fourth-order valence-corrected chi connectivity index (χ4v) is 6.29. The number of likely N-dealkylation sites (N-methyl/N-ethyl adjacent to an activating group) is 2. The molecular weight excluding hydrogens is 480 g/mol. The number of urea groups is 1. The number of anilines is 2. The second-order valence-corrected chi connectivity index (χ2v) is 10.8. The number of carbonyl (C=O) groups excluding carboxylic acids is 1. The first-order chi connectivity index (χ1) is 18.4. The molecule has 0 aromatic heterocycles. The Morgan fingerprint density at radius 1 is 0.947 bits per heavy atom. The second kappa shape index (κ2) is 11.2. The van der Waals surface area contributed by atoms with E-state index >= 15 is 0 Å². The number of methoxy groups -OCH3 is 2. The van der Waals surface area contributed by atoms with Crippen molar-refractivity contribution in [3.05, 3.63) is 48.0 Å². The second-order valence-electron chi connectivity index (χ2n) is 10.8. The van der Waals surface area contributed by atoms with Crippen LogP contribution in [0.3, 0.4) is 0 Å². The zero-order valence-corrected chi connectivity index (χ0v) is 23.0. The molecular formula is C29H40N6O3. The Morgan fingerprint density at radius 2 is 1.68 bits per heavy atom. The van der Waals surface area contributed by atoms with Gasteiger partial charge in [0.2, 0.25) is 0 Å². The van der Waals surface area contributed by atoms with Gasteiger partial charge in [-0.15, -0.1) is 0 Å². The highest BCUT2D eigenvalue weighted by molar-refractivity contribution is 5.92. The van der Waals surface area contributed by atoms with Crippen LogP contribution in [0.4, 0.5) is 16.2 Å². The van der Waals surface area contributed by atoms with Gasteiger partial charge in [-0.1, -0.05) is 6.07 Å². The number of hydrogen-bond donors (Lipinski definition) is 2. The molecule has 2 heterocycles. The zero-order valence-electron chi connectivity index (χ0n) is 23.0. The summed E-state index contributed by atoms with van der Waals surface area (Å²) >= 11 is 0. The highest BCUT2D eigenvalue weighted by Gasteiger charge is 2.50. The summed E-state index contributed by atoms with van der Waals surface area (Å²) in [6.07, 6.45) is 3.74. The highest BCUT2D eigenvalue weighted by Crippen LogP contribution is 2.49. The number of fused-ring (bicyclic) bond motifs is 1. The molecule has 0 radical (unpaired) electrons. The van der Waals surface area contributed by atoms with Crippen molar-refractivity contribution < 1.29 is 14.3 Å². The smallest absolute Gasteiger partial charge is 0.339 e. The number of hydrogen-bond acceptors (Lipinski definition) is 7. The Labute approximate surface area is 225 Å². The maximum atomic E-state index is 12.6. The summed E-state index contributed by atoms with van der Waals surface area (Å²) in [7, 11) is 7.68. The lowest BCUT2D eigenvalue weighted by molar-refractivity contribution is 0.225. The van der Waals surface area contributed by atoms with Crippen molar-refractivity contribution in [3.63, 3.8) is 0 Å². The summed E-state index contributed by atoms with van der Waals surface area (Å²) in [6.45, 7) is 5.20. The van der Waals surface area contributed by atoms with Crippen LogP contribution in [0.15, 0.2) is 47.6 Å². The van der Waals surface area contributed by atoms with Crippen LogP contribution >= 0.6 is 0 Å². The van der Waals surface area contributed by atoms with Gasteiger partial charge in [-0.25, -0.2) is 10.2 Å². The molecule has 9 nitrogen and oxygen atoms in total. The van der Waals surface area contributed by atoms with Crippen molar-refractivity contribution in [2.45, 2.75) is 37.1 Å². The normalized spacial score (nSPS) is 25.2. The van der Waals surface area contributed by atoms with E-state index in [2.05, 4.69) is 68.9 Å². The fraction of sp³-hybridized carbons (Fsp3) is 0.517. The molecule has 2 aliphatic heterocycles. The van der Waals surface area contributed by atoms with Crippen LogP contribution in [0.2, 0.25) is 0 Å². The Kier molecular flexibility index (Phi) is 7.76. The summed E-state index contributed by atoms with van der Waals surface area (Å²) in [5, 5.41) is 7.44. The molecule has 2 unspecified atom stereocenters. The molecule has 2 aromatic rings. The minimum atomic E-state index is -0.318. The third-order valence-corrected chi connectivity index (χ3v) is 8.64. The molecule has 3 aliphatic rings. The van der Waals surface area contributed by atoms with Crippen LogP contribution in [0.25, 0.3) is 0 Å². The third kappa shape index (κ3) is 5.31. The lowest BCUT2D eigenvalue weighted by Gasteiger charge is -2.42. The lowest BCUT2D eigenvalue weighted by Crippen LogP contribution is -2.46. The number of benzene rings is 2. The predicted molar refractivity (Wildman–Crippen MR) is 152 cm³/mol. The number of carbonyl (C=O) groups is 1. The van der Waals surface area contributed by atoms with E-state index in [-0.39, 0.29) is 11.4 Å². The van der Waals surface area contributed by atoms with E-state index in [1.165, 1.54) is 11.3 Å². The fourth-order valence-electron chi connectivity index (χ4n) is 6.29. The number of piperazine rings is 1. The van der Waals surface area contributed by atoms with Gasteiger partial charge in [0, 0.05) is 61.1 Å². The van der Waals surface area contributed by atoms with Crippen molar-refractivity contribution >= 4 is 23.1 Å². The van der Waals surface area contributed by atoms with Crippen LogP contribution in [-0.4, -0.2) is 88.6 Å². The standard InChI is InChI=1S/C29H40N6O3/c1-33-15-17-35(18-16-33)24-8-6-22(7-9-24)30-28(36)32-31-23-11-12-29(13-14-34(2)27(29)20-23)21-5-10-25(37-3)26(19-21)38-4/h5-10,19,27H,11-18,20H2,1-4H3,(H2,30,32,36)/b31-23+. The summed E-state index contributed by atoms with van der Waals surface area (Å²) < 4.78 is 11.1. The summed E-state index contributed by atoms with van der Waals surface area (Å²) in [6, 6.07) is 14.4. The number of rotatable bonds is 6. The van der Waals surface area contributed by atoms with Gasteiger partial charge < -0.3 is 29.5 Å². The predicted octanol–water partition coefficient (Wildman–Crippen LogP) is 3.76. The van der Waals surface area contributed by atoms with Crippen LogP contribution in [0.1, 0.15) is 31.2 Å². The van der Waals surface area contributed by atoms with Gasteiger partial charge in [0.05, 0.1) is 14.2 Å². The Bertz CT molecular complexity index is 1160. The quantitative estimate of drug-likeness (QED) is 0.565. The Balaban J connectivity index is 1.20. The van der Waals surface area contributed by atoms with Gasteiger partial charge in [-0.3, -0.25) is 0 Å². The molecule has 9 heteroatoms. The maximum absolute atomic E-state index is 12.6. The third-order valence-electron chi connectivity index (χ3n) is 8.64. The topological polar surface area (TPSA) is 81.7 Å². The van der Waals surface area contributed by atoms with Gasteiger partial charge in [-0.05, 0) is 81.9 Å². The molecule has 38 heavy (non-hydrogen) atoms. The average Bonchev–Trinajstić information content (AvgIpc) is 3.29. The van der Waals surface area contributed by atoms with E-state index in [0.717, 1.165) is 81.3 Å². The number of nitrogens with zero attached hydrogens (tertiary/aromatic N) is 4. The van der Waals surface area contributed by atoms with Crippen LogP contribution in [-0.2, 0) is 5.41 Å². The van der Waals surface area contributed by atoms with Crippen molar-refractivity contribution in [1.82, 2.24) is 15.2 Å². The number of ether oxygens (including phenoxy) is 2. The van der Waals surface area contributed by atoms with Gasteiger partial charge in [-0.2, -0.15) is 5.10 Å². The Hall–Kier alpha value is -3.30. The minimum absolute atomic E-state index is 0.0428. The maximum Gasteiger partial charge on any atom is 0.339 e. The van der Waals surface area contributed by atoms with E-state index < -0.39 is 0 Å². The molecule has 2 amide bonds. The molecule has 2 saturated heterocycles. The molecule has 0 bridgehead atoms. The first kappa shape index (κ1) is 26.3. The zero-order chi connectivity index (χ0) is 26.7. The monoisotopic (exact) mass is 520 g/mol. The van der Waals surface area contributed by atoms with Crippen molar-refractivity contribution in [1.29, 1.82) is 0 Å². The molecule has 5 rings (SSSR count). The van der Waals surface area contributed by atoms with E-state index in [1.807, 2.05) is 18.2 Å². The van der Waals surface area contributed by atoms with Crippen molar-refractivity contribution in [2.75, 3.05) is 71.3 Å². The molecule has 3 fully saturated rings. The van der Waals surface area contributed by atoms with E-state index in [4.69, 9.17) is 9.47 Å². The first-order valence-electron chi connectivity index (χ1n) is 13.5. The highest BCUT2D eigenvalue weighted by atomic mass is 16.5. The molecule has 204 valence electrons. The minimum Gasteiger partial charge on any atom is -0.493 e. The number of hydrazone groups is 1. The largest absolute Gasteiger partial charge is 0.493 e. The average molecular weight is 521 g/mol. The molecule has 1 aliphatic carbocycles. The van der Waals surface area contributed by atoms with E-state index in [0.29, 0.717) is 6.04 Å². The van der Waals surface area contributed by atoms with Gasteiger partial charge in [0.25, 0.3) is 0 Å². The van der Waals surface area contributed by atoms with E-state index in [1.54, 1.807) is 14.2 Å². The van der Waals surface area contributed by atoms with Gasteiger partial charge in [0.1, 0.15) is 0 Å². The lowest BCUT2D eigenvalue weighted by atomic mass is 9.65. The molecule has 0 spiro atoms. The van der Waals surface area contributed by atoms with Crippen LogP contribution in [0.5, 0.6) is 11.5 Å². The number of nitrogens with one attached hydrogen (secondary N) is 2. The summed E-state index contributed by atoms with van der Waals surface area (Å²) in [5.41, 5.74) is 7.03. The van der Waals surface area contributed by atoms with Gasteiger partial charge >= 0.3 is 6.03 Å². The number of amides is 2. The van der Waals surface area contributed by atoms with E-state index in [9.17, 15) is 4.79 Å². The van der Waals surface area contributed by atoms with Gasteiger partial charge in [0.15, 0.2) is 11.5 Å². The van der Waals surface area contributed by atoms with Crippen LogP contribution in [0, 0.1) is 0 Å². The Morgan fingerprint density at radius 3 is 2.39 bits per heavy atom. The first-order valence-corrected chi connectivity index (χ1v) is 13.5. The summed E-state index contributed by atoms with van der Waals surface area (Å²) in [4.78, 5) is 19.7. The number of likely N-dealkylation sites (tertiary alicyclic amines) is 1. The molecule has 2 aromatic carbocycles. The van der Waals surface area contributed by atoms with Crippen LogP contribution < -0.4 is 25.1 Å². The summed E-state index contributed by atoms with van der Waals surface area (Å²) in [5.74, 6) is 1.51. The van der Waals surface area contributed by atoms with Crippen molar-refractivity contribution in [2.24, 2.45) is 5.10 Å². The van der Waals surface area contributed by atoms with Crippen molar-refractivity contribution in [3.8, 4) is 11.5 Å². The molecule has 1 saturated carbocycles. The molecule has 2 atom stereocenters. The SMILES string of the molecule is COc1ccc(C23CC/C(=N\NC(=O)Nc4ccc(N5CCN(C)CC5)cc4)CC2N(C)CC3)cc1OC.